The highest BCUT2D eigenvalue weighted by molar-refractivity contribution is 7.66. The first-order valence-electron chi connectivity index (χ1n) is 28.4. The zero-order valence-corrected chi connectivity index (χ0v) is 52.1. The zero-order chi connectivity index (χ0) is 62.4. The number of aromatic nitrogens is 4. The number of amides is 2. The number of unbranched alkanes of at least 4 members (excludes halogenated alkanes) is 3. The molecule has 7 atom stereocenters. The minimum absolute atomic E-state index is 0.0189. The van der Waals surface area contributed by atoms with E-state index in [9.17, 15) is 48.2 Å². The lowest BCUT2D eigenvalue weighted by molar-refractivity contribution is -0.212. The highest BCUT2D eigenvalue weighted by atomic mass is 31.3. The van der Waals surface area contributed by atoms with Crippen LogP contribution in [0.1, 0.15) is 133 Å². The predicted molar refractivity (Wildman–Crippen MR) is 320 cm³/mol. The number of aliphatic hydroxyl groups excluding tert-OH is 2. The maximum Gasteiger partial charge on any atom is 0.487 e. The number of phosphoric ester groups is 1. The van der Waals surface area contributed by atoms with Gasteiger partial charge in [-0.05, 0) is 102 Å². The van der Waals surface area contributed by atoms with Crippen molar-refractivity contribution in [1.29, 1.82) is 0 Å². The first-order chi connectivity index (χ1) is 40.4. The van der Waals surface area contributed by atoms with Crippen LogP contribution in [0, 0.1) is 0 Å². The monoisotopic (exact) mass is 1250 g/mol. The number of imidazole rings is 1. The molecule has 26 nitrogen and oxygen atoms in total. The molecule has 1 saturated heterocycles. The van der Waals surface area contributed by atoms with Gasteiger partial charge in [0.05, 0.1) is 18.2 Å². The van der Waals surface area contributed by atoms with Crippen molar-refractivity contribution >= 4 is 80.6 Å². The second kappa shape index (κ2) is 25.1. The number of fused-ring (bicyclic) bond motifs is 5. The summed E-state index contributed by atoms with van der Waals surface area (Å²) in [7, 11) is -15.6. The Balaban J connectivity index is 0.802. The number of carbonyl (C=O) groups is 2. The summed E-state index contributed by atoms with van der Waals surface area (Å²) >= 11 is 0. The summed E-state index contributed by atoms with van der Waals surface area (Å²) in [5.41, 5.74) is 14.6. The highest BCUT2D eigenvalue weighted by Gasteiger charge is 2.48. The molecule has 4 aliphatic rings. The van der Waals surface area contributed by atoms with Crippen LogP contribution in [0.4, 0.5) is 17.5 Å². The van der Waals surface area contributed by atoms with Crippen LogP contribution >= 0.6 is 23.5 Å². The smallest absolute Gasteiger partial charge is 0.487 e. The Labute approximate surface area is 497 Å². The molecule has 1 fully saturated rings. The number of nitrogens with one attached hydrogen (secondary N) is 2. The number of nitrogen functional groups attached to an aromatic ring is 1. The number of ether oxygens (including phenoxy) is 2. The van der Waals surface area contributed by atoms with E-state index in [2.05, 4.69) is 140 Å². The fraction of sp³-hybridized carbons (Fsp3) is 0.474. The van der Waals surface area contributed by atoms with E-state index in [4.69, 9.17) is 20.1 Å². The molecule has 9 N–H and O–H groups in total. The first-order valence-corrected chi connectivity index (χ1v) is 32.9. The van der Waals surface area contributed by atoms with E-state index in [1.54, 1.807) is 11.9 Å². The van der Waals surface area contributed by atoms with Crippen LogP contribution in [0.15, 0.2) is 67.0 Å². The fourth-order valence-corrected chi connectivity index (χ4v) is 15.1. The molecule has 0 saturated carbocycles. The Morgan fingerprint density at radius 2 is 1.57 bits per heavy atom. The standard InChI is InChI=1S/C57H75N10O16P3/c1-10-65-41-27-43-39(25-37(41)33(3)29-56(65,5)6)47(40-26-38-34(4)30-57(7,8)66(11-2)42(38)28-44(40)80-43)35-19-14-15-20-36(35)53(71)64(9)24-18-21-46(68)59-22-16-12-13-17-23-60-55-63-48-51(58)61-32-62-52(48)67(55)54-50(70)49(69)45(81-54)31-79-85(75,76)83-86(77,78)82-84(72,73)74/h14-15,19-20,25-30,32,45,49-50,54,58,69-70H,10-13,16-18,21-24,31H2,1-9H3,(H6,59,68,71,72,73,74,75,76,77,78)/t45-,49-,50-,54-/m1/s1. The lowest BCUT2D eigenvalue weighted by Gasteiger charge is -2.43. The summed E-state index contributed by atoms with van der Waals surface area (Å²) in [6, 6.07) is 16.5. The van der Waals surface area contributed by atoms with Crippen LogP contribution < -0.4 is 46.0 Å². The van der Waals surface area contributed by atoms with Crippen LogP contribution in [0.25, 0.3) is 27.9 Å². The SMILES string of the molecule is CCN1c2cc3c(cc2C(C)=CC1(C)C)C(c1ccccc1C(=O)N(C)CCCC(=O)NCCCCCCNc1nc2c(N)ncnc2n1[C@@H]1O[C@H](COP(=O)(O)OP(=O)(O)OP(=O)([O-])O)[C@@H](O)[C@H]1O)=c1cc2c(cc1O3)=[N+](CC)C(C)(C)C=C2C. The average Bonchev–Trinajstić information content (AvgIpc) is 0.925. The highest BCUT2D eigenvalue weighted by Crippen LogP contribution is 2.65. The minimum atomic E-state index is -5.89. The van der Waals surface area contributed by atoms with Crippen LogP contribution in [0.2, 0.25) is 0 Å². The normalized spacial score (nSPS) is 21.4. The van der Waals surface area contributed by atoms with E-state index in [0.29, 0.717) is 44.5 Å². The minimum Gasteiger partial charge on any atom is -0.756 e. The number of likely N-dealkylation sites (N-methyl/N-ethyl adjacent to an activating group) is 2. The number of nitrogens with two attached hydrogens (primary N) is 1. The number of allylic oxidation sites excluding steroid dienone is 2. The Hall–Kier alpha value is -6.21. The quantitative estimate of drug-likeness (QED) is 0.0212. The van der Waals surface area contributed by atoms with Gasteiger partial charge in [0.25, 0.3) is 13.7 Å². The predicted octanol–water partition coefficient (Wildman–Crippen LogP) is 5.46. The third-order valence-corrected chi connectivity index (χ3v) is 19.6. The maximum absolute atomic E-state index is 14.7. The molecule has 0 spiro atoms. The van der Waals surface area contributed by atoms with E-state index in [1.165, 1.54) is 15.7 Å². The number of benzene rings is 3. The van der Waals surface area contributed by atoms with Crippen molar-refractivity contribution in [3.05, 3.63) is 105 Å². The van der Waals surface area contributed by atoms with Crippen molar-refractivity contribution in [2.24, 2.45) is 0 Å². The molecule has 29 heteroatoms. The van der Waals surface area contributed by atoms with Gasteiger partial charge in [-0.1, -0.05) is 37.1 Å². The molecular formula is C57H75N10O16P3. The van der Waals surface area contributed by atoms with E-state index in [1.807, 2.05) is 24.3 Å². The number of aliphatic hydroxyl groups is 2. The summed E-state index contributed by atoms with van der Waals surface area (Å²) in [6.07, 6.45) is 2.60. The number of anilines is 3. The van der Waals surface area contributed by atoms with Crippen molar-refractivity contribution in [2.75, 3.05) is 62.3 Å². The van der Waals surface area contributed by atoms with Gasteiger partial charge in [-0.2, -0.15) is 4.31 Å². The van der Waals surface area contributed by atoms with Gasteiger partial charge in [0, 0.05) is 98.3 Å². The molecule has 2 aromatic heterocycles. The summed E-state index contributed by atoms with van der Waals surface area (Å²) in [5.74, 6) is 1.22. The molecule has 464 valence electrons. The summed E-state index contributed by atoms with van der Waals surface area (Å²) in [4.78, 5) is 83.5. The number of hydrogen-bond acceptors (Lipinski definition) is 19. The van der Waals surface area contributed by atoms with Crippen LogP contribution in [0.3, 0.4) is 0 Å². The third-order valence-electron chi connectivity index (χ3n) is 15.8. The second-order valence-corrected chi connectivity index (χ2v) is 27.2. The Morgan fingerprint density at radius 3 is 2.28 bits per heavy atom. The number of nitrogens with zero attached hydrogens (tertiary/aromatic N) is 7. The molecule has 6 heterocycles. The molecule has 0 bridgehead atoms. The topological polar surface area (TPSA) is 359 Å². The first kappa shape index (κ1) is 64.3. The lowest BCUT2D eigenvalue weighted by Crippen LogP contribution is -2.49. The van der Waals surface area contributed by atoms with Crippen molar-refractivity contribution in [3.63, 3.8) is 0 Å². The van der Waals surface area contributed by atoms with E-state index >= 15 is 0 Å². The van der Waals surface area contributed by atoms with Crippen molar-refractivity contribution in [3.8, 4) is 11.5 Å². The molecule has 0 radical (unpaired) electrons. The summed E-state index contributed by atoms with van der Waals surface area (Å²) < 4.78 is 63.4. The Bertz CT molecular complexity index is 3830. The van der Waals surface area contributed by atoms with Crippen molar-refractivity contribution < 1.29 is 75.7 Å². The van der Waals surface area contributed by atoms with Gasteiger partial charge in [0.1, 0.15) is 42.7 Å². The van der Waals surface area contributed by atoms with Gasteiger partial charge in [0.15, 0.2) is 28.7 Å². The number of rotatable bonds is 24. The number of phosphoric acid groups is 3. The molecule has 9 rings (SSSR count). The van der Waals surface area contributed by atoms with Gasteiger partial charge < -0.3 is 65.4 Å². The van der Waals surface area contributed by atoms with E-state index < -0.39 is 54.6 Å². The van der Waals surface area contributed by atoms with Crippen molar-refractivity contribution in [2.45, 2.75) is 130 Å². The van der Waals surface area contributed by atoms with Gasteiger partial charge in [0.2, 0.25) is 17.2 Å². The molecule has 2 amide bonds. The van der Waals surface area contributed by atoms with Crippen LogP contribution in [0.5, 0.6) is 11.5 Å². The molecule has 86 heavy (non-hydrogen) atoms. The maximum atomic E-state index is 14.7. The Kier molecular flexibility index (Phi) is 18.8. The largest absolute Gasteiger partial charge is 0.756 e. The fourth-order valence-electron chi connectivity index (χ4n) is 12.1. The summed E-state index contributed by atoms with van der Waals surface area (Å²) in [6.45, 7) is 19.2. The lowest BCUT2D eigenvalue weighted by atomic mass is 9.83. The molecule has 3 aromatic carbocycles. The third kappa shape index (κ3) is 13.6. The van der Waals surface area contributed by atoms with Crippen LogP contribution in [-0.4, -0.2) is 137 Å². The van der Waals surface area contributed by atoms with E-state index in [-0.39, 0.29) is 52.2 Å². The molecule has 4 aliphatic heterocycles. The van der Waals surface area contributed by atoms with Crippen LogP contribution in [-0.2, 0) is 36.4 Å². The zero-order valence-electron chi connectivity index (χ0n) is 49.4. The number of carbonyl (C=O) groups excluding carboxylic acids is 2. The Morgan fingerprint density at radius 1 is 0.860 bits per heavy atom. The average molecular weight is 1250 g/mol. The molecular weight excluding hydrogens is 1170 g/mol. The van der Waals surface area contributed by atoms with Gasteiger partial charge >= 0.3 is 15.6 Å². The van der Waals surface area contributed by atoms with Gasteiger partial charge in [-0.25, -0.2) is 33.0 Å². The van der Waals surface area contributed by atoms with Crippen molar-refractivity contribution in [1.82, 2.24) is 34.3 Å². The molecule has 3 unspecified atom stereocenters. The second-order valence-electron chi connectivity index (χ2n) is 22.9. The number of hydrogen-bond donors (Lipinski definition) is 8. The van der Waals surface area contributed by atoms with Gasteiger partial charge in [-0.15, -0.1) is 0 Å². The van der Waals surface area contributed by atoms with Gasteiger partial charge in [-0.3, -0.25) is 23.2 Å². The summed E-state index contributed by atoms with van der Waals surface area (Å²) in [5, 5.41) is 30.0. The molecule has 0 aliphatic carbocycles. The van der Waals surface area contributed by atoms with E-state index in [0.717, 1.165) is 87.8 Å². The molecule has 5 aromatic rings.